The molecule has 0 bridgehead atoms. The Kier molecular flexibility index (Phi) is 5.74. The summed E-state index contributed by atoms with van der Waals surface area (Å²) in [6.07, 6.45) is 0.310. The van der Waals surface area contributed by atoms with E-state index in [0.717, 1.165) is 16.8 Å². The standard InChI is InChI=1S/C16H24N2O2/c1-11(2)17-16(20)6-7-18(14(5)19)15-9-12(3)8-13(4)10-15/h8-11H,6-7H2,1-5H3,(H,17,20). The molecule has 1 rings (SSSR count). The van der Waals surface area contributed by atoms with Crippen molar-refractivity contribution in [1.82, 2.24) is 5.32 Å². The normalized spacial score (nSPS) is 10.5. The van der Waals surface area contributed by atoms with Gasteiger partial charge in [-0.1, -0.05) is 6.07 Å². The lowest BCUT2D eigenvalue weighted by molar-refractivity contribution is -0.121. The molecule has 110 valence electrons. The zero-order valence-corrected chi connectivity index (χ0v) is 13.0. The second-order valence-electron chi connectivity index (χ2n) is 5.49. The minimum atomic E-state index is -0.0488. The number of amides is 2. The maximum absolute atomic E-state index is 11.8. The predicted octanol–water partition coefficient (Wildman–Crippen LogP) is 2.57. The summed E-state index contributed by atoms with van der Waals surface area (Å²) >= 11 is 0. The summed E-state index contributed by atoms with van der Waals surface area (Å²) in [7, 11) is 0. The molecule has 0 aliphatic heterocycles. The molecule has 1 aromatic rings. The molecule has 1 aromatic carbocycles. The number of carbonyl (C=O) groups excluding carboxylic acids is 2. The van der Waals surface area contributed by atoms with Crippen molar-refractivity contribution in [3.63, 3.8) is 0 Å². The Morgan fingerprint density at radius 2 is 1.70 bits per heavy atom. The van der Waals surface area contributed by atoms with Gasteiger partial charge in [0.2, 0.25) is 11.8 Å². The van der Waals surface area contributed by atoms with Crippen LogP contribution in [0.15, 0.2) is 18.2 Å². The van der Waals surface area contributed by atoms with Crippen molar-refractivity contribution in [2.24, 2.45) is 0 Å². The third-order valence-corrected chi connectivity index (χ3v) is 2.91. The van der Waals surface area contributed by atoms with Crippen molar-refractivity contribution in [1.29, 1.82) is 0 Å². The first-order chi connectivity index (χ1) is 9.29. The first-order valence-corrected chi connectivity index (χ1v) is 6.95. The van der Waals surface area contributed by atoms with E-state index in [1.165, 1.54) is 6.92 Å². The average Bonchev–Trinajstić information content (AvgIpc) is 2.26. The Morgan fingerprint density at radius 3 is 2.15 bits per heavy atom. The van der Waals surface area contributed by atoms with Gasteiger partial charge in [-0.15, -0.1) is 0 Å². The summed E-state index contributed by atoms with van der Waals surface area (Å²) in [5.41, 5.74) is 3.07. The SMILES string of the molecule is CC(=O)N(CCC(=O)NC(C)C)c1cc(C)cc(C)c1. The summed E-state index contributed by atoms with van der Waals surface area (Å²) in [5, 5.41) is 2.83. The van der Waals surface area contributed by atoms with E-state index >= 15 is 0 Å². The summed E-state index contributed by atoms with van der Waals surface area (Å²) in [6.45, 7) is 9.77. The topological polar surface area (TPSA) is 49.4 Å². The Bertz CT molecular complexity index is 475. The molecule has 0 aromatic heterocycles. The molecule has 0 saturated heterocycles. The first kappa shape index (κ1) is 16.2. The van der Waals surface area contributed by atoms with Crippen molar-refractivity contribution in [3.05, 3.63) is 29.3 Å². The van der Waals surface area contributed by atoms with Gasteiger partial charge in [-0.05, 0) is 51.0 Å². The Balaban J connectivity index is 2.79. The molecule has 0 unspecified atom stereocenters. The van der Waals surface area contributed by atoms with Gasteiger partial charge >= 0.3 is 0 Å². The Labute approximate surface area is 121 Å². The van der Waals surface area contributed by atoms with Crippen LogP contribution in [-0.2, 0) is 9.59 Å². The second kappa shape index (κ2) is 7.08. The molecule has 0 atom stereocenters. The summed E-state index contributed by atoms with van der Waals surface area (Å²) < 4.78 is 0. The molecule has 0 heterocycles. The molecule has 20 heavy (non-hydrogen) atoms. The van der Waals surface area contributed by atoms with Gasteiger partial charge in [-0.25, -0.2) is 0 Å². The van der Waals surface area contributed by atoms with Gasteiger partial charge in [0.15, 0.2) is 0 Å². The van der Waals surface area contributed by atoms with Gasteiger partial charge in [0.05, 0.1) is 0 Å². The van der Waals surface area contributed by atoms with Gasteiger partial charge < -0.3 is 10.2 Å². The number of nitrogens with one attached hydrogen (secondary N) is 1. The fourth-order valence-electron chi connectivity index (χ4n) is 2.18. The molecule has 0 aliphatic rings. The van der Waals surface area contributed by atoms with E-state index in [9.17, 15) is 9.59 Å². The molecule has 0 spiro atoms. The van der Waals surface area contributed by atoms with Gasteiger partial charge in [0.25, 0.3) is 0 Å². The largest absolute Gasteiger partial charge is 0.354 e. The van der Waals surface area contributed by atoms with Gasteiger partial charge in [-0.3, -0.25) is 9.59 Å². The number of aryl methyl sites for hydroxylation is 2. The highest BCUT2D eigenvalue weighted by molar-refractivity contribution is 5.92. The smallest absolute Gasteiger partial charge is 0.223 e. The summed E-state index contributed by atoms with van der Waals surface area (Å²) in [6, 6.07) is 6.12. The number of hydrogen-bond donors (Lipinski definition) is 1. The highest BCUT2D eigenvalue weighted by Gasteiger charge is 2.14. The average molecular weight is 276 g/mol. The lowest BCUT2D eigenvalue weighted by Gasteiger charge is -2.22. The molecule has 0 saturated carbocycles. The highest BCUT2D eigenvalue weighted by Crippen LogP contribution is 2.19. The number of rotatable bonds is 5. The van der Waals surface area contributed by atoms with E-state index in [4.69, 9.17) is 0 Å². The number of anilines is 1. The quantitative estimate of drug-likeness (QED) is 0.898. The molecule has 4 nitrogen and oxygen atoms in total. The number of hydrogen-bond acceptors (Lipinski definition) is 2. The van der Waals surface area contributed by atoms with Crippen LogP contribution >= 0.6 is 0 Å². The monoisotopic (exact) mass is 276 g/mol. The molecule has 4 heteroatoms. The van der Waals surface area contributed by atoms with E-state index in [1.54, 1.807) is 4.90 Å². The predicted molar refractivity (Wildman–Crippen MR) is 81.8 cm³/mol. The number of carbonyl (C=O) groups is 2. The van der Waals surface area contributed by atoms with Crippen LogP contribution in [0.1, 0.15) is 38.3 Å². The van der Waals surface area contributed by atoms with E-state index in [0.29, 0.717) is 13.0 Å². The molecule has 0 fully saturated rings. The van der Waals surface area contributed by atoms with Gasteiger partial charge in [-0.2, -0.15) is 0 Å². The Morgan fingerprint density at radius 1 is 1.15 bits per heavy atom. The van der Waals surface area contributed by atoms with Crippen molar-refractivity contribution in [2.45, 2.75) is 47.1 Å². The molecular formula is C16H24N2O2. The van der Waals surface area contributed by atoms with E-state index < -0.39 is 0 Å². The van der Waals surface area contributed by atoms with Crippen LogP contribution in [0, 0.1) is 13.8 Å². The lowest BCUT2D eigenvalue weighted by Crippen LogP contribution is -2.36. The molecule has 0 radical (unpaired) electrons. The van der Waals surface area contributed by atoms with E-state index in [1.807, 2.05) is 39.8 Å². The minimum Gasteiger partial charge on any atom is -0.354 e. The van der Waals surface area contributed by atoms with Crippen molar-refractivity contribution in [2.75, 3.05) is 11.4 Å². The maximum Gasteiger partial charge on any atom is 0.223 e. The van der Waals surface area contributed by atoms with Crippen LogP contribution < -0.4 is 10.2 Å². The lowest BCUT2D eigenvalue weighted by atomic mass is 10.1. The van der Waals surface area contributed by atoms with Crippen LogP contribution in [0.4, 0.5) is 5.69 Å². The van der Waals surface area contributed by atoms with Crippen LogP contribution in [0.2, 0.25) is 0 Å². The summed E-state index contributed by atoms with van der Waals surface area (Å²) in [4.78, 5) is 25.1. The third-order valence-electron chi connectivity index (χ3n) is 2.91. The fourth-order valence-corrected chi connectivity index (χ4v) is 2.18. The first-order valence-electron chi connectivity index (χ1n) is 6.95. The van der Waals surface area contributed by atoms with Gasteiger partial charge in [0, 0.05) is 31.6 Å². The summed E-state index contributed by atoms with van der Waals surface area (Å²) in [5.74, 6) is -0.0806. The van der Waals surface area contributed by atoms with E-state index in [-0.39, 0.29) is 17.9 Å². The zero-order valence-electron chi connectivity index (χ0n) is 13.0. The van der Waals surface area contributed by atoms with Gasteiger partial charge in [0.1, 0.15) is 0 Å². The van der Waals surface area contributed by atoms with Crippen LogP contribution in [0.5, 0.6) is 0 Å². The van der Waals surface area contributed by atoms with Crippen LogP contribution in [0.3, 0.4) is 0 Å². The van der Waals surface area contributed by atoms with E-state index in [2.05, 4.69) is 11.4 Å². The molecule has 1 N–H and O–H groups in total. The second-order valence-corrected chi connectivity index (χ2v) is 5.49. The molecular weight excluding hydrogens is 252 g/mol. The highest BCUT2D eigenvalue weighted by atomic mass is 16.2. The van der Waals surface area contributed by atoms with Crippen LogP contribution in [0.25, 0.3) is 0 Å². The van der Waals surface area contributed by atoms with Crippen LogP contribution in [-0.4, -0.2) is 24.4 Å². The number of benzene rings is 1. The third kappa shape index (κ3) is 5.03. The van der Waals surface area contributed by atoms with Crippen molar-refractivity contribution >= 4 is 17.5 Å². The van der Waals surface area contributed by atoms with Crippen molar-refractivity contribution < 1.29 is 9.59 Å². The fraction of sp³-hybridized carbons (Fsp3) is 0.500. The maximum atomic E-state index is 11.8. The molecule has 2 amide bonds. The minimum absolute atomic E-state index is 0.0318. The molecule has 0 aliphatic carbocycles. The Hall–Kier alpha value is -1.84. The van der Waals surface area contributed by atoms with Crippen molar-refractivity contribution in [3.8, 4) is 0 Å². The number of nitrogens with zero attached hydrogens (tertiary/aromatic N) is 1. The zero-order chi connectivity index (χ0) is 15.3.